The molecule has 0 saturated carbocycles. The summed E-state index contributed by atoms with van der Waals surface area (Å²) < 4.78 is 23.7. The lowest BCUT2D eigenvalue weighted by Gasteiger charge is -2.21. The first-order valence-corrected chi connectivity index (χ1v) is 7.04. The molecule has 22 heavy (non-hydrogen) atoms. The number of nitrogens with one attached hydrogen (secondary N) is 1. The smallest absolute Gasteiger partial charge is 0.249 e. The maximum atomic E-state index is 13.0. The van der Waals surface area contributed by atoms with Crippen LogP contribution in [-0.4, -0.2) is 38.4 Å². The van der Waals surface area contributed by atoms with E-state index in [0.29, 0.717) is 19.6 Å². The lowest BCUT2D eigenvalue weighted by Crippen LogP contribution is -2.39. The Morgan fingerprint density at radius 3 is 2.68 bits per heavy atom. The van der Waals surface area contributed by atoms with Crippen LogP contribution >= 0.6 is 12.4 Å². The number of rotatable bonds is 6. The fourth-order valence-electron chi connectivity index (χ4n) is 2.42. The van der Waals surface area contributed by atoms with Crippen LogP contribution in [0.4, 0.5) is 4.39 Å². The van der Waals surface area contributed by atoms with E-state index in [0.717, 1.165) is 12.0 Å². The minimum atomic E-state index is -0.474. The highest BCUT2D eigenvalue weighted by atomic mass is 35.5. The van der Waals surface area contributed by atoms with E-state index in [9.17, 15) is 9.18 Å². The standard InChI is InChI=1S/C15H21FN2O3.ClH/c1-20-9-13(10-2-4-11(16)5-3-10)18-15(19)14-7-6-12(8-17)21-14;/h2-5,12-14H,6-9,17H2,1H3,(H,18,19);1H/t12-,13?,14+;/m1./s1. The van der Waals surface area contributed by atoms with Crippen molar-refractivity contribution in [3.63, 3.8) is 0 Å². The Bertz CT molecular complexity index is 472. The van der Waals surface area contributed by atoms with Crippen LogP contribution in [0.5, 0.6) is 0 Å². The summed E-state index contributed by atoms with van der Waals surface area (Å²) in [6.07, 6.45) is 0.933. The van der Waals surface area contributed by atoms with Gasteiger partial charge in [0.25, 0.3) is 0 Å². The van der Waals surface area contributed by atoms with Gasteiger partial charge in [-0.25, -0.2) is 4.39 Å². The van der Waals surface area contributed by atoms with Gasteiger partial charge in [0.15, 0.2) is 0 Å². The van der Waals surface area contributed by atoms with Gasteiger partial charge in [-0.15, -0.1) is 12.4 Å². The summed E-state index contributed by atoms with van der Waals surface area (Å²) in [6, 6.07) is 5.67. The summed E-state index contributed by atoms with van der Waals surface area (Å²) in [6.45, 7) is 0.730. The first-order valence-electron chi connectivity index (χ1n) is 7.04. The first-order chi connectivity index (χ1) is 10.1. The van der Waals surface area contributed by atoms with Gasteiger partial charge in [0.05, 0.1) is 18.8 Å². The second-order valence-corrected chi connectivity index (χ2v) is 5.13. The Hall–Kier alpha value is -1.21. The molecule has 1 fully saturated rings. The molecule has 1 amide bonds. The van der Waals surface area contributed by atoms with Crippen LogP contribution in [0.25, 0.3) is 0 Å². The zero-order valence-corrected chi connectivity index (χ0v) is 13.3. The van der Waals surface area contributed by atoms with Crippen LogP contribution in [0.1, 0.15) is 24.4 Å². The molecular weight excluding hydrogens is 311 g/mol. The Balaban J connectivity index is 0.00000242. The van der Waals surface area contributed by atoms with Crippen molar-refractivity contribution in [3.05, 3.63) is 35.6 Å². The molecule has 3 N–H and O–H groups in total. The average Bonchev–Trinajstić information content (AvgIpc) is 2.96. The molecule has 7 heteroatoms. The highest BCUT2D eigenvalue weighted by molar-refractivity contribution is 5.85. The molecule has 2 rings (SSSR count). The molecule has 1 aromatic rings. The third kappa shape index (κ3) is 4.91. The number of hydrogen-bond donors (Lipinski definition) is 2. The molecule has 0 aromatic heterocycles. The van der Waals surface area contributed by atoms with Gasteiger partial charge < -0.3 is 20.5 Å². The highest BCUT2D eigenvalue weighted by Gasteiger charge is 2.31. The Kier molecular flexibility index (Phi) is 7.75. The topological polar surface area (TPSA) is 73.6 Å². The van der Waals surface area contributed by atoms with Crippen LogP contribution in [0.15, 0.2) is 24.3 Å². The van der Waals surface area contributed by atoms with Crippen molar-refractivity contribution in [1.82, 2.24) is 5.32 Å². The lowest BCUT2D eigenvalue weighted by molar-refractivity contribution is -0.133. The molecular formula is C15H22ClFN2O3. The number of carbonyl (C=O) groups excluding carboxylic acids is 1. The summed E-state index contributed by atoms with van der Waals surface area (Å²) in [5.74, 6) is -0.497. The molecule has 0 aliphatic carbocycles. The minimum absolute atomic E-state index is 0. The summed E-state index contributed by atoms with van der Waals surface area (Å²) in [4.78, 5) is 12.2. The maximum Gasteiger partial charge on any atom is 0.249 e. The number of amides is 1. The van der Waals surface area contributed by atoms with Gasteiger partial charge in [0.1, 0.15) is 11.9 Å². The Labute approximate surface area is 135 Å². The van der Waals surface area contributed by atoms with Gasteiger partial charge in [-0.05, 0) is 30.5 Å². The molecule has 0 bridgehead atoms. The van der Waals surface area contributed by atoms with E-state index in [1.54, 1.807) is 19.2 Å². The summed E-state index contributed by atoms with van der Waals surface area (Å²) in [5, 5.41) is 2.89. The number of nitrogens with two attached hydrogens (primary N) is 1. The number of hydrogen-bond acceptors (Lipinski definition) is 4. The monoisotopic (exact) mass is 332 g/mol. The number of ether oxygens (including phenoxy) is 2. The van der Waals surface area contributed by atoms with Crippen molar-refractivity contribution in [1.29, 1.82) is 0 Å². The lowest BCUT2D eigenvalue weighted by atomic mass is 10.1. The molecule has 1 aromatic carbocycles. The van der Waals surface area contributed by atoms with E-state index in [-0.39, 0.29) is 36.3 Å². The molecule has 1 aliphatic rings. The van der Waals surface area contributed by atoms with Gasteiger partial charge in [0.2, 0.25) is 5.91 Å². The largest absolute Gasteiger partial charge is 0.382 e. The fraction of sp³-hybridized carbons (Fsp3) is 0.533. The van der Waals surface area contributed by atoms with Crippen LogP contribution in [-0.2, 0) is 14.3 Å². The number of carbonyl (C=O) groups is 1. The van der Waals surface area contributed by atoms with E-state index >= 15 is 0 Å². The predicted molar refractivity (Wildman–Crippen MR) is 83.4 cm³/mol. The van der Waals surface area contributed by atoms with Gasteiger partial charge in [-0.3, -0.25) is 4.79 Å². The summed E-state index contributed by atoms with van der Waals surface area (Å²) in [7, 11) is 1.55. The van der Waals surface area contributed by atoms with Gasteiger partial charge >= 0.3 is 0 Å². The average molecular weight is 333 g/mol. The second-order valence-electron chi connectivity index (χ2n) is 5.13. The van der Waals surface area contributed by atoms with Crippen molar-refractivity contribution >= 4 is 18.3 Å². The maximum absolute atomic E-state index is 13.0. The zero-order chi connectivity index (χ0) is 15.2. The summed E-state index contributed by atoms with van der Waals surface area (Å²) in [5.41, 5.74) is 6.33. The molecule has 0 spiro atoms. The first kappa shape index (κ1) is 18.8. The van der Waals surface area contributed by atoms with Crippen LogP contribution in [0.2, 0.25) is 0 Å². The van der Waals surface area contributed by atoms with Crippen molar-refractivity contribution in [3.8, 4) is 0 Å². The van der Waals surface area contributed by atoms with E-state index in [1.165, 1.54) is 12.1 Å². The quantitative estimate of drug-likeness (QED) is 0.829. The minimum Gasteiger partial charge on any atom is -0.382 e. The SMILES string of the molecule is COCC(NC(=O)[C@@H]1CC[C@H](CN)O1)c1ccc(F)cc1.Cl. The molecule has 3 atom stereocenters. The molecule has 0 radical (unpaired) electrons. The molecule has 5 nitrogen and oxygen atoms in total. The van der Waals surface area contributed by atoms with Crippen LogP contribution in [0, 0.1) is 5.82 Å². The van der Waals surface area contributed by atoms with Gasteiger partial charge in [0, 0.05) is 13.7 Å². The van der Waals surface area contributed by atoms with Crippen LogP contribution in [0.3, 0.4) is 0 Å². The third-order valence-electron chi connectivity index (χ3n) is 3.59. The fourth-order valence-corrected chi connectivity index (χ4v) is 2.42. The van der Waals surface area contributed by atoms with Crippen molar-refractivity contribution in [2.24, 2.45) is 5.73 Å². The number of benzene rings is 1. The predicted octanol–water partition coefficient (Wildman–Crippen LogP) is 1.56. The van der Waals surface area contributed by atoms with E-state index < -0.39 is 6.10 Å². The van der Waals surface area contributed by atoms with Crippen molar-refractivity contribution in [2.75, 3.05) is 20.3 Å². The second kappa shape index (κ2) is 9.05. The van der Waals surface area contributed by atoms with Crippen LogP contribution < -0.4 is 11.1 Å². The molecule has 124 valence electrons. The highest BCUT2D eigenvalue weighted by Crippen LogP contribution is 2.21. The Morgan fingerprint density at radius 2 is 2.14 bits per heavy atom. The molecule has 1 saturated heterocycles. The molecule has 1 aliphatic heterocycles. The third-order valence-corrected chi connectivity index (χ3v) is 3.59. The molecule has 1 unspecified atom stereocenters. The zero-order valence-electron chi connectivity index (χ0n) is 12.5. The van der Waals surface area contributed by atoms with E-state index in [4.69, 9.17) is 15.2 Å². The van der Waals surface area contributed by atoms with Crippen molar-refractivity contribution in [2.45, 2.75) is 31.1 Å². The van der Waals surface area contributed by atoms with Gasteiger partial charge in [-0.1, -0.05) is 12.1 Å². The normalized spacial score (nSPS) is 22.0. The van der Waals surface area contributed by atoms with Gasteiger partial charge in [-0.2, -0.15) is 0 Å². The van der Waals surface area contributed by atoms with E-state index in [1.807, 2.05) is 0 Å². The molecule has 1 heterocycles. The number of methoxy groups -OCH3 is 1. The van der Waals surface area contributed by atoms with Crippen molar-refractivity contribution < 1.29 is 18.7 Å². The Morgan fingerprint density at radius 1 is 1.45 bits per heavy atom. The summed E-state index contributed by atoms with van der Waals surface area (Å²) >= 11 is 0. The van der Waals surface area contributed by atoms with E-state index in [2.05, 4.69) is 5.32 Å². The number of halogens is 2.